The number of benzene rings is 1. The molecule has 1 fully saturated rings. The van der Waals surface area contributed by atoms with Crippen LogP contribution in [0.1, 0.15) is 29.3 Å². The summed E-state index contributed by atoms with van der Waals surface area (Å²) in [6, 6.07) is 7.60. The van der Waals surface area contributed by atoms with Gasteiger partial charge in [-0.3, -0.25) is 4.79 Å². The Morgan fingerprint density at radius 2 is 1.89 bits per heavy atom. The summed E-state index contributed by atoms with van der Waals surface area (Å²) in [4.78, 5) is 28.1. The van der Waals surface area contributed by atoms with Crippen LogP contribution in [0.25, 0.3) is 11.4 Å². The molecule has 1 aromatic heterocycles. The fraction of sp³-hybridized carbons (Fsp3) is 0.500. The molecule has 0 radical (unpaired) electrons. The zero-order valence-electron chi connectivity index (χ0n) is 17.9. The maximum atomic E-state index is 12.9. The highest BCUT2D eigenvalue weighted by Gasteiger charge is 2.34. The SMILES string of the molecule is Cc1cnc(-c2ccc(C(=O)N(C)CC3(C)CCN(C)C3)cc2)nc1N(C)C. The molecule has 0 spiro atoms. The van der Waals surface area contributed by atoms with E-state index in [1.165, 1.54) is 0 Å². The summed E-state index contributed by atoms with van der Waals surface area (Å²) in [7, 11) is 7.98. The van der Waals surface area contributed by atoms with Gasteiger partial charge in [0.2, 0.25) is 0 Å². The maximum Gasteiger partial charge on any atom is 0.253 e. The molecule has 2 aromatic rings. The van der Waals surface area contributed by atoms with Crippen LogP contribution in [0.3, 0.4) is 0 Å². The summed E-state index contributed by atoms with van der Waals surface area (Å²) in [5.41, 5.74) is 2.80. The smallest absolute Gasteiger partial charge is 0.253 e. The summed E-state index contributed by atoms with van der Waals surface area (Å²) in [5.74, 6) is 1.63. The van der Waals surface area contributed by atoms with Crippen molar-refractivity contribution >= 4 is 11.7 Å². The highest BCUT2D eigenvalue weighted by atomic mass is 16.2. The number of carbonyl (C=O) groups is 1. The first-order chi connectivity index (χ1) is 13.2. The summed E-state index contributed by atoms with van der Waals surface area (Å²) in [6.07, 6.45) is 2.96. The van der Waals surface area contributed by atoms with Gasteiger partial charge in [0.15, 0.2) is 5.82 Å². The molecule has 0 saturated carbocycles. The van der Waals surface area contributed by atoms with Crippen molar-refractivity contribution in [2.24, 2.45) is 5.41 Å². The normalized spacial score (nSPS) is 19.6. The average Bonchev–Trinajstić information content (AvgIpc) is 2.99. The molecule has 1 saturated heterocycles. The number of aromatic nitrogens is 2. The van der Waals surface area contributed by atoms with Crippen LogP contribution in [0.4, 0.5) is 5.82 Å². The van der Waals surface area contributed by atoms with Crippen LogP contribution in [-0.2, 0) is 0 Å². The third kappa shape index (κ3) is 4.33. The molecule has 1 atom stereocenters. The van der Waals surface area contributed by atoms with Crippen LogP contribution in [0, 0.1) is 12.3 Å². The van der Waals surface area contributed by atoms with Gasteiger partial charge < -0.3 is 14.7 Å². The molecule has 0 N–H and O–H groups in total. The minimum absolute atomic E-state index is 0.0566. The molecule has 6 nitrogen and oxygen atoms in total. The van der Waals surface area contributed by atoms with Gasteiger partial charge in [0, 0.05) is 57.1 Å². The summed E-state index contributed by atoms with van der Waals surface area (Å²) < 4.78 is 0. The van der Waals surface area contributed by atoms with E-state index in [0.717, 1.165) is 43.0 Å². The number of rotatable bonds is 5. The van der Waals surface area contributed by atoms with E-state index in [1.54, 1.807) is 0 Å². The number of anilines is 1. The number of amides is 1. The molecule has 28 heavy (non-hydrogen) atoms. The first-order valence-corrected chi connectivity index (χ1v) is 9.74. The van der Waals surface area contributed by atoms with Crippen molar-refractivity contribution in [3.8, 4) is 11.4 Å². The number of hydrogen-bond acceptors (Lipinski definition) is 5. The van der Waals surface area contributed by atoms with E-state index >= 15 is 0 Å². The van der Waals surface area contributed by atoms with E-state index in [4.69, 9.17) is 0 Å². The fourth-order valence-electron chi connectivity index (χ4n) is 4.05. The molecule has 6 heteroatoms. The Hall–Kier alpha value is -2.47. The van der Waals surface area contributed by atoms with E-state index < -0.39 is 0 Å². The van der Waals surface area contributed by atoms with E-state index in [9.17, 15) is 4.79 Å². The van der Waals surface area contributed by atoms with Gasteiger partial charge in [-0.15, -0.1) is 0 Å². The molecule has 1 amide bonds. The molecular formula is C22H31N5O. The Balaban J connectivity index is 1.73. The van der Waals surface area contributed by atoms with Crippen LogP contribution in [0.2, 0.25) is 0 Å². The van der Waals surface area contributed by atoms with Gasteiger partial charge in [-0.1, -0.05) is 19.1 Å². The standard InChI is InChI=1S/C22H31N5O/c1-16-13-23-19(24-20(16)25(3)4)17-7-9-18(10-8-17)21(28)27(6)15-22(2)11-12-26(5)14-22/h7-10,13H,11-12,14-15H2,1-6H3. The fourth-order valence-corrected chi connectivity index (χ4v) is 4.05. The van der Waals surface area contributed by atoms with Crippen molar-refractivity contribution in [3.05, 3.63) is 41.6 Å². The predicted octanol–water partition coefficient (Wildman–Crippen LogP) is 2.93. The highest BCUT2D eigenvalue weighted by Crippen LogP contribution is 2.30. The molecule has 0 bridgehead atoms. The largest absolute Gasteiger partial charge is 0.362 e. The summed E-state index contributed by atoms with van der Waals surface area (Å²) >= 11 is 0. The van der Waals surface area contributed by atoms with E-state index in [-0.39, 0.29) is 11.3 Å². The molecule has 0 aliphatic carbocycles. The zero-order chi connectivity index (χ0) is 20.5. The lowest BCUT2D eigenvalue weighted by molar-refractivity contribution is 0.0730. The van der Waals surface area contributed by atoms with Crippen molar-refractivity contribution in [2.75, 3.05) is 52.7 Å². The second kappa shape index (κ2) is 7.87. The van der Waals surface area contributed by atoms with E-state index in [2.05, 4.69) is 28.8 Å². The quantitative estimate of drug-likeness (QED) is 0.797. The van der Waals surface area contributed by atoms with Gasteiger partial charge in [-0.05, 0) is 44.5 Å². The van der Waals surface area contributed by atoms with Gasteiger partial charge in [0.25, 0.3) is 5.91 Å². The molecule has 3 rings (SSSR count). The topological polar surface area (TPSA) is 52.6 Å². The van der Waals surface area contributed by atoms with Gasteiger partial charge in [0.1, 0.15) is 5.82 Å². The third-order valence-electron chi connectivity index (χ3n) is 5.47. The number of likely N-dealkylation sites (tertiary alicyclic amines) is 1. The van der Waals surface area contributed by atoms with Gasteiger partial charge in [0.05, 0.1) is 0 Å². The molecule has 1 aromatic carbocycles. The predicted molar refractivity (Wildman–Crippen MR) is 114 cm³/mol. The Morgan fingerprint density at radius 1 is 1.21 bits per heavy atom. The van der Waals surface area contributed by atoms with Gasteiger partial charge in [-0.2, -0.15) is 0 Å². The van der Waals surface area contributed by atoms with Crippen LogP contribution >= 0.6 is 0 Å². The molecule has 1 unspecified atom stereocenters. The Morgan fingerprint density at radius 3 is 2.46 bits per heavy atom. The van der Waals surface area contributed by atoms with Crippen molar-refractivity contribution in [2.45, 2.75) is 20.3 Å². The maximum absolute atomic E-state index is 12.9. The number of aryl methyl sites for hydroxylation is 1. The number of carbonyl (C=O) groups excluding carboxylic acids is 1. The molecular weight excluding hydrogens is 350 g/mol. The molecule has 150 valence electrons. The third-order valence-corrected chi connectivity index (χ3v) is 5.47. The molecule has 2 heterocycles. The number of hydrogen-bond donors (Lipinski definition) is 0. The molecule has 1 aliphatic rings. The number of nitrogens with zero attached hydrogens (tertiary/aromatic N) is 5. The zero-order valence-corrected chi connectivity index (χ0v) is 17.9. The van der Waals surface area contributed by atoms with Crippen molar-refractivity contribution in [1.82, 2.24) is 19.8 Å². The average molecular weight is 382 g/mol. The van der Waals surface area contributed by atoms with Crippen LogP contribution in [0.15, 0.2) is 30.5 Å². The van der Waals surface area contributed by atoms with Gasteiger partial charge in [-0.25, -0.2) is 9.97 Å². The Labute approximate surface area is 168 Å². The lowest BCUT2D eigenvalue weighted by atomic mass is 9.89. The van der Waals surface area contributed by atoms with Crippen LogP contribution in [-0.4, -0.2) is 73.5 Å². The summed E-state index contributed by atoms with van der Waals surface area (Å²) in [5, 5.41) is 0. The van der Waals surface area contributed by atoms with E-state index in [0.29, 0.717) is 11.4 Å². The summed E-state index contributed by atoms with van der Waals surface area (Å²) in [6.45, 7) is 7.16. The van der Waals surface area contributed by atoms with Crippen molar-refractivity contribution in [3.63, 3.8) is 0 Å². The van der Waals surface area contributed by atoms with Crippen LogP contribution in [0.5, 0.6) is 0 Å². The Kier molecular flexibility index (Phi) is 5.70. The Bertz CT molecular complexity index is 849. The monoisotopic (exact) mass is 381 g/mol. The minimum Gasteiger partial charge on any atom is -0.362 e. The second-order valence-electron chi connectivity index (χ2n) is 8.63. The van der Waals surface area contributed by atoms with Crippen molar-refractivity contribution in [1.29, 1.82) is 0 Å². The molecule has 1 aliphatic heterocycles. The van der Waals surface area contributed by atoms with Crippen LogP contribution < -0.4 is 4.90 Å². The highest BCUT2D eigenvalue weighted by molar-refractivity contribution is 5.94. The van der Waals surface area contributed by atoms with E-state index in [1.807, 2.05) is 68.3 Å². The first kappa shape index (κ1) is 20.3. The lowest BCUT2D eigenvalue weighted by Gasteiger charge is -2.30. The lowest BCUT2D eigenvalue weighted by Crippen LogP contribution is -2.38. The second-order valence-corrected chi connectivity index (χ2v) is 8.63. The van der Waals surface area contributed by atoms with Gasteiger partial charge >= 0.3 is 0 Å². The first-order valence-electron chi connectivity index (χ1n) is 9.74. The van der Waals surface area contributed by atoms with Crippen molar-refractivity contribution < 1.29 is 4.79 Å². The minimum atomic E-state index is 0.0566.